The Bertz CT molecular complexity index is 247. The van der Waals surface area contributed by atoms with Gasteiger partial charge in [-0.2, -0.15) is 11.8 Å². The van der Waals surface area contributed by atoms with Crippen molar-refractivity contribution in [2.45, 2.75) is 13.5 Å². The maximum Gasteiger partial charge on any atom is 0.185 e. The number of hydrogen-bond acceptors (Lipinski definition) is 3. The lowest BCUT2D eigenvalue weighted by molar-refractivity contribution is 0.111. The lowest BCUT2D eigenvalue weighted by Gasteiger charge is -2.01. The third-order valence-corrected chi connectivity index (χ3v) is 2.41. The Kier molecular flexibility index (Phi) is 3.87. The smallest absolute Gasteiger partial charge is 0.185 e. The lowest BCUT2D eigenvalue weighted by atomic mass is 10.6. The van der Waals surface area contributed by atoms with Gasteiger partial charge in [0.25, 0.3) is 0 Å². The molecule has 4 heteroatoms. The number of nitrogens with zero attached hydrogens (tertiary/aromatic N) is 2. The van der Waals surface area contributed by atoms with Crippen LogP contribution in [-0.4, -0.2) is 27.3 Å². The zero-order valence-corrected chi connectivity index (χ0v) is 7.88. The van der Waals surface area contributed by atoms with E-state index in [0.29, 0.717) is 5.82 Å². The minimum atomic E-state index is 0.520. The number of hydrogen-bond donors (Lipinski definition) is 0. The first-order valence-corrected chi connectivity index (χ1v) is 5.08. The molecule has 0 atom stereocenters. The summed E-state index contributed by atoms with van der Waals surface area (Å²) in [6, 6.07) is 0. The second-order valence-electron chi connectivity index (χ2n) is 2.29. The van der Waals surface area contributed by atoms with Crippen molar-refractivity contribution in [3.05, 3.63) is 18.2 Å². The molecule has 0 unspecified atom stereocenters. The van der Waals surface area contributed by atoms with Crippen LogP contribution in [0.1, 0.15) is 17.5 Å². The van der Waals surface area contributed by atoms with Crippen LogP contribution in [0.5, 0.6) is 0 Å². The molecule has 0 bridgehead atoms. The quantitative estimate of drug-likeness (QED) is 0.513. The van der Waals surface area contributed by atoms with Crippen LogP contribution in [0.4, 0.5) is 0 Å². The molecule has 0 N–H and O–H groups in total. The summed E-state index contributed by atoms with van der Waals surface area (Å²) in [5, 5.41) is 0. The van der Waals surface area contributed by atoms with Crippen LogP contribution >= 0.6 is 11.8 Å². The van der Waals surface area contributed by atoms with Crippen molar-refractivity contribution in [2.24, 2.45) is 0 Å². The van der Waals surface area contributed by atoms with Crippen molar-refractivity contribution in [1.29, 1.82) is 0 Å². The monoisotopic (exact) mass is 184 g/mol. The maximum absolute atomic E-state index is 10.4. The Hall–Kier alpha value is -0.770. The molecule has 66 valence electrons. The van der Waals surface area contributed by atoms with Gasteiger partial charge >= 0.3 is 0 Å². The number of aldehydes is 1. The van der Waals surface area contributed by atoms with Gasteiger partial charge in [-0.25, -0.2) is 4.98 Å². The summed E-state index contributed by atoms with van der Waals surface area (Å²) >= 11 is 1.86. The molecule has 1 aromatic rings. The van der Waals surface area contributed by atoms with E-state index in [1.54, 1.807) is 6.20 Å². The highest BCUT2D eigenvalue weighted by Crippen LogP contribution is 2.01. The fourth-order valence-corrected chi connectivity index (χ4v) is 1.55. The normalized spacial score (nSPS) is 10.1. The Morgan fingerprint density at radius 1 is 1.75 bits per heavy atom. The van der Waals surface area contributed by atoms with Crippen LogP contribution in [0, 0.1) is 0 Å². The van der Waals surface area contributed by atoms with E-state index in [2.05, 4.69) is 11.9 Å². The van der Waals surface area contributed by atoms with E-state index in [4.69, 9.17) is 0 Å². The number of carbonyl (C=O) groups excluding carboxylic acids is 1. The number of aryl methyl sites for hydroxylation is 1. The summed E-state index contributed by atoms with van der Waals surface area (Å²) in [6.07, 6.45) is 4.27. The maximum atomic E-state index is 10.4. The Labute approximate surface area is 76.2 Å². The molecular formula is C8H12N2OS. The first kappa shape index (κ1) is 9.32. The molecule has 0 aliphatic heterocycles. The second kappa shape index (κ2) is 4.98. The van der Waals surface area contributed by atoms with E-state index >= 15 is 0 Å². The van der Waals surface area contributed by atoms with Crippen molar-refractivity contribution in [1.82, 2.24) is 9.55 Å². The highest BCUT2D eigenvalue weighted by atomic mass is 32.2. The van der Waals surface area contributed by atoms with Gasteiger partial charge in [-0.05, 0) is 5.75 Å². The van der Waals surface area contributed by atoms with E-state index in [1.165, 1.54) is 0 Å². The van der Waals surface area contributed by atoms with Gasteiger partial charge in [0.1, 0.15) is 0 Å². The molecule has 0 saturated carbocycles. The minimum Gasteiger partial charge on any atom is -0.328 e. The van der Waals surface area contributed by atoms with Gasteiger partial charge in [0.05, 0.1) is 0 Å². The molecule has 12 heavy (non-hydrogen) atoms. The second-order valence-corrected chi connectivity index (χ2v) is 3.69. The predicted octanol–water partition coefficient (Wildman–Crippen LogP) is 1.45. The zero-order chi connectivity index (χ0) is 8.81. The van der Waals surface area contributed by atoms with E-state index in [0.717, 1.165) is 24.3 Å². The van der Waals surface area contributed by atoms with Crippen LogP contribution in [-0.2, 0) is 6.54 Å². The van der Waals surface area contributed by atoms with Gasteiger partial charge in [0, 0.05) is 24.7 Å². The average Bonchev–Trinajstić information content (AvgIpc) is 2.52. The summed E-state index contributed by atoms with van der Waals surface area (Å²) in [7, 11) is 0. The van der Waals surface area contributed by atoms with Crippen molar-refractivity contribution in [3.8, 4) is 0 Å². The van der Waals surface area contributed by atoms with Crippen molar-refractivity contribution < 1.29 is 4.79 Å². The third kappa shape index (κ3) is 2.37. The first-order valence-electron chi connectivity index (χ1n) is 3.92. The molecular weight excluding hydrogens is 172 g/mol. The molecule has 0 fully saturated rings. The summed E-state index contributed by atoms with van der Waals surface area (Å²) in [5.74, 6) is 2.67. The Balaban J connectivity index is 2.45. The summed E-state index contributed by atoms with van der Waals surface area (Å²) < 4.78 is 1.87. The van der Waals surface area contributed by atoms with Gasteiger partial charge in [-0.15, -0.1) is 0 Å². The van der Waals surface area contributed by atoms with E-state index in [-0.39, 0.29) is 0 Å². The highest BCUT2D eigenvalue weighted by molar-refractivity contribution is 7.99. The van der Waals surface area contributed by atoms with Gasteiger partial charge in [0.2, 0.25) is 0 Å². The average molecular weight is 184 g/mol. The summed E-state index contributed by atoms with van der Waals surface area (Å²) in [4.78, 5) is 14.3. The van der Waals surface area contributed by atoms with E-state index in [9.17, 15) is 4.79 Å². The molecule has 0 aromatic carbocycles. The lowest BCUT2D eigenvalue weighted by Crippen LogP contribution is -2.03. The summed E-state index contributed by atoms with van der Waals surface area (Å²) in [5.41, 5.74) is 0. The Morgan fingerprint density at radius 3 is 3.25 bits per heavy atom. The molecule has 1 rings (SSSR count). The number of aromatic nitrogens is 2. The van der Waals surface area contributed by atoms with Gasteiger partial charge < -0.3 is 4.57 Å². The summed E-state index contributed by atoms with van der Waals surface area (Å²) in [6.45, 7) is 2.99. The molecule has 0 saturated heterocycles. The largest absolute Gasteiger partial charge is 0.328 e. The molecule has 0 aliphatic carbocycles. The predicted molar refractivity (Wildman–Crippen MR) is 50.6 cm³/mol. The first-order chi connectivity index (χ1) is 5.88. The topological polar surface area (TPSA) is 34.9 Å². The standard InChI is InChI=1S/C8H12N2OS/c1-2-12-6-5-10-4-3-9-8(10)7-11/h3-4,7H,2,5-6H2,1H3. The van der Waals surface area contributed by atoms with Crippen molar-refractivity contribution in [3.63, 3.8) is 0 Å². The molecule has 1 aromatic heterocycles. The van der Waals surface area contributed by atoms with Gasteiger partial charge in [-0.1, -0.05) is 6.92 Å². The third-order valence-electron chi connectivity index (χ3n) is 1.53. The number of rotatable bonds is 5. The van der Waals surface area contributed by atoms with Crippen LogP contribution in [0.25, 0.3) is 0 Å². The highest BCUT2D eigenvalue weighted by Gasteiger charge is 1.98. The van der Waals surface area contributed by atoms with Crippen LogP contribution < -0.4 is 0 Å². The van der Waals surface area contributed by atoms with E-state index < -0.39 is 0 Å². The minimum absolute atomic E-state index is 0.520. The van der Waals surface area contributed by atoms with Crippen LogP contribution in [0.3, 0.4) is 0 Å². The number of thioether (sulfide) groups is 1. The van der Waals surface area contributed by atoms with E-state index in [1.807, 2.05) is 22.5 Å². The van der Waals surface area contributed by atoms with Gasteiger partial charge in [-0.3, -0.25) is 4.79 Å². The zero-order valence-electron chi connectivity index (χ0n) is 7.06. The number of imidazole rings is 1. The molecule has 0 amide bonds. The fraction of sp³-hybridized carbons (Fsp3) is 0.500. The number of carbonyl (C=O) groups is 1. The molecule has 0 aliphatic rings. The molecule has 0 spiro atoms. The fourth-order valence-electron chi connectivity index (χ4n) is 0.935. The SMILES string of the molecule is CCSCCn1ccnc1C=O. The Morgan fingerprint density at radius 2 is 2.58 bits per heavy atom. The van der Waals surface area contributed by atoms with Crippen molar-refractivity contribution in [2.75, 3.05) is 11.5 Å². The molecule has 1 heterocycles. The van der Waals surface area contributed by atoms with Gasteiger partial charge in [0.15, 0.2) is 12.1 Å². The molecule has 0 radical (unpaired) electrons. The molecule has 3 nitrogen and oxygen atoms in total. The van der Waals surface area contributed by atoms with Crippen molar-refractivity contribution >= 4 is 18.0 Å². The van der Waals surface area contributed by atoms with Crippen LogP contribution in [0.15, 0.2) is 12.4 Å². The van der Waals surface area contributed by atoms with Crippen LogP contribution in [0.2, 0.25) is 0 Å².